The molecule has 1 N–H and O–H groups in total. The maximum Gasteiger partial charge on any atom is 0.231 e. The molecule has 1 saturated heterocycles. The maximum atomic E-state index is 12.8. The van der Waals surface area contributed by atoms with Crippen LogP contribution in [0.4, 0.5) is 10.9 Å². The van der Waals surface area contributed by atoms with Crippen molar-refractivity contribution in [3.05, 3.63) is 41.3 Å². The fraction of sp³-hybridized carbons (Fsp3) is 0.400. The number of piperidine rings is 1. The second kappa shape index (κ2) is 7.29. The van der Waals surface area contributed by atoms with E-state index in [9.17, 15) is 4.79 Å². The van der Waals surface area contributed by atoms with Crippen LogP contribution in [0.2, 0.25) is 5.02 Å². The Labute approximate surface area is 172 Å². The van der Waals surface area contributed by atoms with E-state index in [1.54, 1.807) is 6.33 Å². The van der Waals surface area contributed by atoms with E-state index in [0.717, 1.165) is 41.1 Å². The molecule has 0 unspecified atom stereocenters. The summed E-state index contributed by atoms with van der Waals surface area (Å²) in [6.45, 7) is 1.59. The Balaban J connectivity index is 1.28. The first-order chi connectivity index (χ1) is 13.7. The number of thiazole rings is 1. The molecule has 2 aromatic heterocycles. The number of nitrogens with one attached hydrogen (secondary N) is 1. The maximum absolute atomic E-state index is 12.8. The van der Waals surface area contributed by atoms with Crippen molar-refractivity contribution in [2.45, 2.75) is 31.6 Å². The molecule has 0 spiro atoms. The molecule has 1 amide bonds. The quantitative estimate of drug-likeness (QED) is 0.683. The number of hydrogen-bond donors (Lipinski definition) is 1. The lowest BCUT2D eigenvalue weighted by Gasteiger charge is -2.32. The van der Waals surface area contributed by atoms with Crippen molar-refractivity contribution >= 4 is 50.0 Å². The minimum absolute atomic E-state index is 0.0197. The molecule has 3 aromatic rings. The number of halogens is 1. The van der Waals surface area contributed by atoms with Crippen molar-refractivity contribution < 1.29 is 4.79 Å². The lowest BCUT2D eigenvalue weighted by atomic mass is 9.97. The first-order valence-electron chi connectivity index (χ1n) is 9.59. The summed E-state index contributed by atoms with van der Waals surface area (Å²) in [5.74, 6) is 1.47. The molecule has 0 radical (unpaired) electrons. The molecule has 28 heavy (non-hydrogen) atoms. The van der Waals surface area contributed by atoms with E-state index in [0.29, 0.717) is 22.6 Å². The third kappa shape index (κ3) is 3.69. The number of rotatable bonds is 4. The zero-order chi connectivity index (χ0) is 19.1. The Morgan fingerprint density at radius 2 is 2.11 bits per heavy atom. The van der Waals surface area contributed by atoms with E-state index in [2.05, 4.69) is 31.2 Å². The van der Waals surface area contributed by atoms with Crippen LogP contribution in [0.15, 0.2) is 30.6 Å². The molecular weight excluding hydrogens is 394 g/mol. The van der Waals surface area contributed by atoms with Gasteiger partial charge >= 0.3 is 0 Å². The van der Waals surface area contributed by atoms with Crippen molar-refractivity contribution in [1.82, 2.24) is 15.0 Å². The molecule has 2 aliphatic rings. The number of carbonyl (C=O) groups excluding carboxylic acids is 1. The molecule has 1 aromatic carbocycles. The Bertz CT molecular complexity index is 1030. The predicted octanol–water partition coefficient (Wildman–Crippen LogP) is 4.47. The van der Waals surface area contributed by atoms with Crippen LogP contribution in [-0.2, 0) is 4.79 Å². The Kier molecular flexibility index (Phi) is 4.64. The van der Waals surface area contributed by atoms with Gasteiger partial charge in [-0.2, -0.15) is 0 Å². The molecule has 1 atom stereocenters. The van der Waals surface area contributed by atoms with Crippen LogP contribution in [0.3, 0.4) is 0 Å². The van der Waals surface area contributed by atoms with Crippen LogP contribution >= 0.6 is 22.9 Å². The van der Waals surface area contributed by atoms with Crippen LogP contribution < -0.4 is 10.2 Å². The number of anilines is 2. The predicted molar refractivity (Wildman–Crippen MR) is 112 cm³/mol. The molecule has 2 fully saturated rings. The molecule has 5 rings (SSSR count). The lowest BCUT2D eigenvalue weighted by molar-refractivity contribution is -0.120. The summed E-state index contributed by atoms with van der Waals surface area (Å²) in [7, 11) is 0. The molecule has 1 aliphatic heterocycles. The van der Waals surface area contributed by atoms with Gasteiger partial charge in [-0.3, -0.25) is 4.79 Å². The van der Waals surface area contributed by atoms with Crippen LogP contribution in [0.5, 0.6) is 0 Å². The molecule has 8 heteroatoms. The van der Waals surface area contributed by atoms with Crippen LogP contribution in [-0.4, -0.2) is 33.9 Å². The van der Waals surface area contributed by atoms with Gasteiger partial charge in [-0.05, 0) is 43.9 Å². The standard InChI is InChI=1S/C20H20ClN5OS/c21-14-5-6-15-17(8-14)28-20(24-15)25-19(27)13-2-1-7-26(10-13)18-9-16(12-3-4-12)22-11-23-18/h5-6,8-9,11-13H,1-4,7,10H2,(H,24,25,27)/t13-/m1/s1. The molecule has 1 aliphatic carbocycles. The fourth-order valence-electron chi connectivity index (χ4n) is 3.70. The second-order valence-electron chi connectivity index (χ2n) is 7.48. The summed E-state index contributed by atoms with van der Waals surface area (Å²) < 4.78 is 0.974. The van der Waals surface area contributed by atoms with Gasteiger partial charge in [-0.1, -0.05) is 22.9 Å². The highest BCUT2D eigenvalue weighted by molar-refractivity contribution is 7.22. The van der Waals surface area contributed by atoms with Gasteiger partial charge in [0.1, 0.15) is 12.1 Å². The summed E-state index contributed by atoms with van der Waals surface area (Å²) in [6.07, 6.45) is 5.93. The number of hydrogen-bond acceptors (Lipinski definition) is 6. The highest BCUT2D eigenvalue weighted by Gasteiger charge is 2.29. The number of benzene rings is 1. The van der Waals surface area contributed by atoms with Gasteiger partial charge in [0, 0.05) is 35.8 Å². The van der Waals surface area contributed by atoms with Gasteiger partial charge in [-0.15, -0.1) is 0 Å². The van der Waals surface area contributed by atoms with E-state index in [4.69, 9.17) is 11.6 Å². The highest BCUT2D eigenvalue weighted by atomic mass is 35.5. The largest absolute Gasteiger partial charge is 0.356 e. The average molecular weight is 414 g/mol. The Hall–Kier alpha value is -2.25. The minimum Gasteiger partial charge on any atom is -0.356 e. The average Bonchev–Trinajstić information content (AvgIpc) is 3.49. The van der Waals surface area contributed by atoms with Gasteiger partial charge in [-0.25, -0.2) is 15.0 Å². The Morgan fingerprint density at radius 3 is 2.96 bits per heavy atom. The van der Waals surface area contributed by atoms with Gasteiger partial charge in [0.05, 0.1) is 16.1 Å². The van der Waals surface area contributed by atoms with Crippen molar-refractivity contribution in [3.63, 3.8) is 0 Å². The minimum atomic E-state index is -0.0799. The summed E-state index contributed by atoms with van der Waals surface area (Å²) in [6, 6.07) is 7.65. The lowest BCUT2D eigenvalue weighted by Crippen LogP contribution is -2.41. The molecule has 6 nitrogen and oxygen atoms in total. The number of nitrogens with zero attached hydrogens (tertiary/aromatic N) is 4. The van der Waals surface area contributed by atoms with Crippen LogP contribution in [0, 0.1) is 5.92 Å². The van der Waals surface area contributed by atoms with Crippen molar-refractivity contribution in [3.8, 4) is 0 Å². The van der Waals surface area contributed by atoms with Gasteiger partial charge in [0.2, 0.25) is 5.91 Å². The Morgan fingerprint density at radius 1 is 1.21 bits per heavy atom. The monoisotopic (exact) mass is 413 g/mol. The number of fused-ring (bicyclic) bond motifs is 1. The van der Waals surface area contributed by atoms with E-state index in [1.165, 1.54) is 24.2 Å². The van der Waals surface area contributed by atoms with Crippen LogP contribution in [0.25, 0.3) is 10.2 Å². The topological polar surface area (TPSA) is 71.0 Å². The zero-order valence-electron chi connectivity index (χ0n) is 15.3. The van der Waals surface area contributed by atoms with Gasteiger partial charge in [0.15, 0.2) is 5.13 Å². The first kappa shape index (κ1) is 17.8. The first-order valence-corrected chi connectivity index (χ1v) is 10.8. The number of amides is 1. The summed E-state index contributed by atoms with van der Waals surface area (Å²) in [5, 5.41) is 4.29. The fourth-order valence-corrected chi connectivity index (χ4v) is 4.84. The van der Waals surface area contributed by atoms with Gasteiger partial charge < -0.3 is 10.2 Å². The van der Waals surface area contributed by atoms with E-state index in [-0.39, 0.29) is 11.8 Å². The van der Waals surface area contributed by atoms with E-state index in [1.807, 2.05) is 18.2 Å². The molecule has 144 valence electrons. The molecule has 3 heterocycles. The van der Waals surface area contributed by atoms with Crippen molar-refractivity contribution in [1.29, 1.82) is 0 Å². The summed E-state index contributed by atoms with van der Waals surface area (Å²) in [5.41, 5.74) is 1.98. The van der Waals surface area contributed by atoms with E-state index < -0.39 is 0 Å². The smallest absolute Gasteiger partial charge is 0.231 e. The third-order valence-electron chi connectivity index (χ3n) is 5.37. The van der Waals surface area contributed by atoms with Crippen molar-refractivity contribution in [2.75, 3.05) is 23.3 Å². The highest BCUT2D eigenvalue weighted by Crippen LogP contribution is 2.39. The number of carbonyl (C=O) groups is 1. The van der Waals surface area contributed by atoms with Gasteiger partial charge in [0.25, 0.3) is 0 Å². The normalized spacial score (nSPS) is 19.8. The van der Waals surface area contributed by atoms with Crippen molar-refractivity contribution in [2.24, 2.45) is 5.92 Å². The number of aromatic nitrogens is 3. The third-order valence-corrected chi connectivity index (χ3v) is 6.53. The SMILES string of the molecule is O=C(Nc1nc2ccc(Cl)cc2s1)[C@@H]1CCCN(c2cc(C3CC3)ncn2)C1. The second-order valence-corrected chi connectivity index (χ2v) is 8.95. The molecular formula is C20H20ClN5OS. The zero-order valence-corrected chi connectivity index (χ0v) is 16.8. The van der Waals surface area contributed by atoms with E-state index >= 15 is 0 Å². The molecule has 1 saturated carbocycles. The van der Waals surface area contributed by atoms with Crippen LogP contribution in [0.1, 0.15) is 37.3 Å². The summed E-state index contributed by atoms with van der Waals surface area (Å²) >= 11 is 7.49. The summed E-state index contributed by atoms with van der Waals surface area (Å²) in [4.78, 5) is 28.4. The molecule has 0 bridgehead atoms.